The molecule has 1 heterocycles. The van der Waals surface area contributed by atoms with Gasteiger partial charge in [0.25, 0.3) is 5.91 Å². The molecule has 3 N–H and O–H groups in total. The van der Waals surface area contributed by atoms with Gasteiger partial charge >= 0.3 is 0 Å². The maximum absolute atomic E-state index is 12.3. The number of hydrogen-bond donors (Lipinski definition) is 2. The van der Waals surface area contributed by atoms with Crippen LogP contribution in [-0.2, 0) is 4.74 Å². The van der Waals surface area contributed by atoms with Crippen LogP contribution in [-0.4, -0.2) is 54.3 Å². The molecule has 0 bridgehead atoms. The highest BCUT2D eigenvalue weighted by Crippen LogP contribution is 2.20. The summed E-state index contributed by atoms with van der Waals surface area (Å²) >= 11 is 0. The second kappa shape index (κ2) is 6.51. The van der Waals surface area contributed by atoms with E-state index in [-0.39, 0.29) is 24.8 Å². The molecule has 2 aromatic rings. The Morgan fingerprint density at radius 2 is 2.19 bits per heavy atom. The van der Waals surface area contributed by atoms with Crippen LogP contribution in [0.25, 0.3) is 10.8 Å². The van der Waals surface area contributed by atoms with Gasteiger partial charge in [0.05, 0.1) is 12.7 Å². The first-order valence-corrected chi connectivity index (χ1v) is 6.60. The first-order valence-electron chi connectivity index (χ1n) is 6.60. The van der Waals surface area contributed by atoms with Crippen molar-refractivity contribution in [3.63, 3.8) is 0 Å². The quantitative estimate of drug-likeness (QED) is 0.853. The van der Waals surface area contributed by atoms with Gasteiger partial charge in [-0.15, -0.1) is 0 Å². The molecular formula is C15H19N3O3. The van der Waals surface area contributed by atoms with Crippen molar-refractivity contribution in [3.05, 3.63) is 36.0 Å². The summed E-state index contributed by atoms with van der Waals surface area (Å²) in [7, 11) is 3.10. The number of fused-ring (bicyclic) bond motifs is 1. The molecule has 0 spiro atoms. The Morgan fingerprint density at radius 3 is 2.90 bits per heavy atom. The number of likely N-dealkylation sites (N-methyl/N-ethyl adjacent to an activating group) is 1. The molecule has 0 saturated heterocycles. The first kappa shape index (κ1) is 15.2. The van der Waals surface area contributed by atoms with Gasteiger partial charge in [-0.05, 0) is 11.5 Å². The minimum atomic E-state index is -0.734. The van der Waals surface area contributed by atoms with Crippen molar-refractivity contribution in [3.8, 4) is 0 Å². The van der Waals surface area contributed by atoms with Gasteiger partial charge in [0.15, 0.2) is 0 Å². The minimum Gasteiger partial charge on any atom is -0.389 e. The molecule has 0 aliphatic heterocycles. The van der Waals surface area contributed by atoms with Crippen LogP contribution in [0.3, 0.4) is 0 Å². The number of amides is 1. The molecule has 6 heteroatoms. The number of aliphatic hydroxyl groups excluding tert-OH is 1. The van der Waals surface area contributed by atoms with Crippen molar-refractivity contribution in [2.75, 3.05) is 33.0 Å². The van der Waals surface area contributed by atoms with Crippen molar-refractivity contribution in [1.82, 2.24) is 9.88 Å². The largest absolute Gasteiger partial charge is 0.389 e. The molecule has 0 radical (unpaired) electrons. The smallest absolute Gasteiger partial charge is 0.272 e. The maximum Gasteiger partial charge on any atom is 0.272 e. The number of aromatic nitrogens is 1. The molecule has 0 aliphatic carbocycles. The molecule has 0 saturated carbocycles. The highest BCUT2D eigenvalue weighted by molar-refractivity contribution is 5.99. The van der Waals surface area contributed by atoms with Gasteiger partial charge in [0.1, 0.15) is 11.5 Å². The number of anilines is 1. The van der Waals surface area contributed by atoms with Gasteiger partial charge in [-0.3, -0.25) is 4.79 Å². The van der Waals surface area contributed by atoms with Gasteiger partial charge in [0.2, 0.25) is 0 Å². The molecule has 1 aromatic carbocycles. The zero-order valence-electron chi connectivity index (χ0n) is 12.1. The van der Waals surface area contributed by atoms with Crippen LogP contribution in [0.4, 0.5) is 5.82 Å². The third kappa shape index (κ3) is 3.48. The Bertz CT molecular complexity index is 645. The number of benzene rings is 1. The Kier molecular flexibility index (Phi) is 4.72. The van der Waals surface area contributed by atoms with Gasteiger partial charge in [-0.2, -0.15) is 0 Å². The fourth-order valence-electron chi connectivity index (χ4n) is 2.17. The van der Waals surface area contributed by atoms with E-state index in [4.69, 9.17) is 10.5 Å². The van der Waals surface area contributed by atoms with Crippen LogP contribution in [0, 0.1) is 0 Å². The molecule has 112 valence electrons. The van der Waals surface area contributed by atoms with Crippen LogP contribution in [0.1, 0.15) is 10.5 Å². The van der Waals surface area contributed by atoms with Crippen molar-refractivity contribution in [2.45, 2.75) is 6.10 Å². The van der Waals surface area contributed by atoms with E-state index in [1.807, 2.05) is 24.3 Å². The fraction of sp³-hybridized carbons (Fsp3) is 0.333. The molecular weight excluding hydrogens is 270 g/mol. The van der Waals surface area contributed by atoms with Crippen LogP contribution < -0.4 is 5.73 Å². The van der Waals surface area contributed by atoms with Crippen LogP contribution in [0.15, 0.2) is 30.3 Å². The fourth-order valence-corrected chi connectivity index (χ4v) is 2.17. The van der Waals surface area contributed by atoms with E-state index >= 15 is 0 Å². The predicted octanol–water partition coefficient (Wildman–Crippen LogP) is 0.896. The lowest BCUT2D eigenvalue weighted by atomic mass is 10.1. The van der Waals surface area contributed by atoms with Crippen molar-refractivity contribution in [2.24, 2.45) is 0 Å². The average Bonchev–Trinajstić information content (AvgIpc) is 2.46. The molecule has 21 heavy (non-hydrogen) atoms. The SMILES string of the molecule is COCC(O)CN(C)C(=O)c1cc2ccccc2c(N)n1. The standard InChI is InChI=1S/C15H19N3O3/c1-18(8-11(19)9-21-2)15(20)13-7-10-5-3-4-6-12(10)14(16)17-13/h3-7,11,19H,8-9H2,1-2H3,(H2,16,17). The normalized spacial score (nSPS) is 12.3. The summed E-state index contributed by atoms with van der Waals surface area (Å²) in [4.78, 5) is 17.9. The number of rotatable bonds is 5. The van der Waals surface area contributed by atoms with E-state index in [2.05, 4.69) is 4.98 Å². The Balaban J connectivity index is 2.23. The van der Waals surface area contributed by atoms with Crippen LogP contribution in [0.2, 0.25) is 0 Å². The van der Waals surface area contributed by atoms with Crippen molar-refractivity contribution < 1.29 is 14.6 Å². The Labute approximate surface area is 123 Å². The summed E-state index contributed by atoms with van der Waals surface area (Å²) in [5.41, 5.74) is 6.16. The number of ether oxygens (including phenoxy) is 1. The summed E-state index contributed by atoms with van der Waals surface area (Å²) in [6.07, 6.45) is -0.734. The number of nitrogens with two attached hydrogens (primary N) is 1. The highest BCUT2D eigenvalue weighted by Gasteiger charge is 2.18. The van der Waals surface area contributed by atoms with Crippen LogP contribution in [0.5, 0.6) is 0 Å². The number of carbonyl (C=O) groups is 1. The molecule has 0 fully saturated rings. The zero-order chi connectivity index (χ0) is 15.4. The molecule has 0 aliphatic rings. The Morgan fingerprint density at radius 1 is 1.48 bits per heavy atom. The van der Waals surface area contributed by atoms with E-state index in [1.54, 1.807) is 13.1 Å². The molecule has 2 rings (SSSR count). The van der Waals surface area contributed by atoms with E-state index < -0.39 is 6.10 Å². The number of aliphatic hydroxyl groups is 1. The summed E-state index contributed by atoms with van der Waals surface area (Å²) in [5, 5.41) is 11.4. The van der Waals surface area contributed by atoms with E-state index in [0.29, 0.717) is 5.82 Å². The minimum absolute atomic E-state index is 0.168. The van der Waals surface area contributed by atoms with Crippen molar-refractivity contribution >= 4 is 22.5 Å². The summed E-state index contributed by atoms with van der Waals surface area (Å²) in [6.45, 7) is 0.339. The first-order chi connectivity index (χ1) is 10.0. The lowest BCUT2D eigenvalue weighted by Gasteiger charge is -2.20. The molecule has 1 unspecified atom stereocenters. The average molecular weight is 289 g/mol. The van der Waals surface area contributed by atoms with E-state index in [1.165, 1.54) is 12.0 Å². The third-order valence-corrected chi connectivity index (χ3v) is 3.18. The number of hydrogen-bond acceptors (Lipinski definition) is 5. The predicted molar refractivity (Wildman–Crippen MR) is 81.0 cm³/mol. The second-order valence-corrected chi connectivity index (χ2v) is 4.91. The van der Waals surface area contributed by atoms with Crippen LogP contribution >= 0.6 is 0 Å². The van der Waals surface area contributed by atoms with E-state index in [9.17, 15) is 9.90 Å². The van der Waals surface area contributed by atoms with Gasteiger partial charge in [0, 0.05) is 26.1 Å². The molecule has 1 aromatic heterocycles. The number of carbonyl (C=O) groups excluding carboxylic acids is 1. The lowest BCUT2D eigenvalue weighted by Crippen LogP contribution is -2.36. The second-order valence-electron chi connectivity index (χ2n) is 4.91. The number of pyridine rings is 1. The van der Waals surface area contributed by atoms with Gasteiger partial charge < -0.3 is 20.5 Å². The molecule has 6 nitrogen and oxygen atoms in total. The highest BCUT2D eigenvalue weighted by atomic mass is 16.5. The molecule has 1 atom stereocenters. The monoisotopic (exact) mass is 289 g/mol. The number of methoxy groups -OCH3 is 1. The molecule has 1 amide bonds. The summed E-state index contributed by atoms with van der Waals surface area (Å²) in [5.74, 6) is 0.0323. The van der Waals surface area contributed by atoms with Gasteiger partial charge in [-0.25, -0.2) is 4.98 Å². The topological polar surface area (TPSA) is 88.7 Å². The van der Waals surface area contributed by atoms with E-state index in [0.717, 1.165) is 10.8 Å². The number of nitrogens with zero attached hydrogens (tertiary/aromatic N) is 2. The Hall–Kier alpha value is -2.18. The zero-order valence-corrected chi connectivity index (χ0v) is 12.1. The summed E-state index contributed by atoms with van der Waals surface area (Å²) in [6, 6.07) is 9.19. The summed E-state index contributed by atoms with van der Waals surface area (Å²) < 4.78 is 4.84. The maximum atomic E-state index is 12.3. The van der Waals surface area contributed by atoms with Gasteiger partial charge in [-0.1, -0.05) is 24.3 Å². The third-order valence-electron chi connectivity index (χ3n) is 3.18. The lowest BCUT2D eigenvalue weighted by molar-refractivity contribution is 0.0378. The number of nitrogen functional groups attached to an aromatic ring is 1. The van der Waals surface area contributed by atoms with Crippen molar-refractivity contribution in [1.29, 1.82) is 0 Å².